The number of carboxylic acids is 1. The van der Waals surface area contributed by atoms with E-state index in [4.69, 9.17) is 5.10 Å². The van der Waals surface area contributed by atoms with Crippen molar-refractivity contribution >= 4 is 29.1 Å². The SMILES string of the molecule is CC(=O)N1CCc2c(c(N3CCCc4cc(-c5cnn(C)c5)c(C(F)F)cc43)nn2C2CCN([C@@H]3CCN(c4ccc(C(=O)O)cc4)C3)CC2)C1. The Morgan fingerprint density at radius 3 is 2.41 bits per heavy atom. The third-order valence-corrected chi connectivity index (χ3v) is 11.4. The average Bonchev–Trinajstić information content (AvgIpc) is 3.90. The molecule has 2 aromatic heterocycles. The maximum absolute atomic E-state index is 14.6. The van der Waals surface area contributed by atoms with Crippen LogP contribution in [0.3, 0.4) is 0 Å². The number of aromatic nitrogens is 4. The number of alkyl halides is 2. The van der Waals surface area contributed by atoms with E-state index < -0.39 is 12.4 Å². The van der Waals surface area contributed by atoms with E-state index in [0.29, 0.717) is 48.8 Å². The fourth-order valence-electron chi connectivity index (χ4n) is 8.66. The molecule has 51 heavy (non-hydrogen) atoms. The molecule has 0 saturated carbocycles. The summed E-state index contributed by atoms with van der Waals surface area (Å²) in [6, 6.07) is 11.4. The Hall–Kier alpha value is -4.78. The van der Waals surface area contributed by atoms with Gasteiger partial charge in [-0.05, 0) is 79.6 Å². The standard InChI is InChI=1S/C38H44F2N8O3/c1-24(49)45-17-12-34-33(23-45)37(47-13-3-4-26-18-31(27-20-41-43(2)21-27)32(36(39)40)19-35(26)47)42-48(34)29-9-14-44(15-10-29)30-11-16-46(22-30)28-7-5-25(6-8-28)38(50)51/h5-8,18-21,29-30,36H,3-4,9-17,22-23H2,1-2H3,(H,50,51)/t30-/m1/s1. The van der Waals surface area contributed by atoms with Gasteiger partial charge in [0.15, 0.2) is 5.82 Å². The normalized spacial score (nSPS) is 19.9. The topological polar surface area (TPSA) is 103 Å². The number of amides is 1. The van der Waals surface area contributed by atoms with Crippen LogP contribution in [0.1, 0.15) is 77.8 Å². The maximum atomic E-state index is 14.6. The van der Waals surface area contributed by atoms with Gasteiger partial charge in [0.2, 0.25) is 5.91 Å². The van der Waals surface area contributed by atoms with Crippen molar-refractivity contribution < 1.29 is 23.5 Å². The minimum Gasteiger partial charge on any atom is -0.478 e. The first-order chi connectivity index (χ1) is 24.6. The number of carboxylic acid groups (broad SMARTS) is 1. The molecule has 0 radical (unpaired) electrons. The third kappa shape index (κ3) is 6.25. The fourth-order valence-corrected chi connectivity index (χ4v) is 8.66. The van der Waals surface area contributed by atoms with E-state index in [1.807, 2.05) is 23.1 Å². The molecular formula is C38H44F2N8O3. The first kappa shape index (κ1) is 33.4. The summed E-state index contributed by atoms with van der Waals surface area (Å²) in [5.41, 5.74) is 6.52. The number of carbonyl (C=O) groups is 2. The Morgan fingerprint density at radius 1 is 0.961 bits per heavy atom. The zero-order chi connectivity index (χ0) is 35.4. The highest BCUT2D eigenvalue weighted by atomic mass is 19.3. The van der Waals surface area contributed by atoms with Crippen LogP contribution in [0.2, 0.25) is 0 Å². The molecule has 4 aliphatic heterocycles. The van der Waals surface area contributed by atoms with Crippen LogP contribution in [0.25, 0.3) is 11.1 Å². The second-order valence-electron chi connectivity index (χ2n) is 14.4. The molecule has 4 aliphatic rings. The highest BCUT2D eigenvalue weighted by Gasteiger charge is 2.36. The number of hydrogen-bond acceptors (Lipinski definition) is 7. The molecular weight excluding hydrogens is 654 g/mol. The zero-order valence-electron chi connectivity index (χ0n) is 29.1. The first-order valence-corrected chi connectivity index (χ1v) is 18.0. The smallest absolute Gasteiger partial charge is 0.335 e. The van der Waals surface area contributed by atoms with Gasteiger partial charge < -0.3 is 19.8 Å². The molecule has 13 heteroatoms. The molecule has 0 spiro atoms. The third-order valence-electron chi connectivity index (χ3n) is 11.4. The van der Waals surface area contributed by atoms with E-state index in [1.54, 1.807) is 49.2 Å². The molecule has 1 amide bonds. The second-order valence-corrected chi connectivity index (χ2v) is 14.4. The first-order valence-electron chi connectivity index (χ1n) is 18.0. The van der Waals surface area contributed by atoms with Crippen LogP contribution >= 0.6 is 0 Å². The number of likely N-dealkylation sites (tertiary alicyclic amines) is 1. The molecule has 11 nitrogen and oxygen atoms in total. The lowest BCUT2D eigenvalue weighted by atomic mass is 9.92. The van der Waals surface area contributed by atoms with Gasteiger partial charge in [-0.25, -0.2) is 13.6 Å². The summed E-state index contributed by atoms with van der Waals surface area (Å²) in [7, 11) is 1.79. The molecule has 0 bridgehead atoms. The number of rotatable bonds is 7. The van der Waals surface area contributed by atoms with E-state index >= 15 is 0 Å². The molecule has 1 N–H and O–H groups in total. The highest BCUT2D eigenvalue weighted by Crippen LogP contribution is 2.44. The van der Waals surface area contributed by atoms with Crippen LogP contribution < -0.4 is 9.80 Å². The number of benzene rings is 2. The van der Waals surface area contributed by atoms with Gasteiger partial charge in [0.1, 0.15) is 0 Å². The van der Waals surface area contributed by atoms with Crippen molar-refractivity contribution in [2.45, 2.75) is 70.5 Å². The number of aromatic carboxylic acids is 1. The number of aryl methyl sites for hydroxylation is 2. The molecule has 4 aromatic rings. The van der Waals surface area contributed by atoms with Gasteiger partial charge in [0.25, 0.3) is 6.43 Å². The van der Waals surface area contributed by atoms with Gasteiger partial charge in [-0.2, -0.15) is 10.2 Å². The molecule has 2 saturated heterocycles. The lowest BCUT2D eigenvalue weighted by molar-refractivity contribution is -0.129. The summed E-state index contributed by atoms with van der Waals surface area (Å²) in [5.74, 6) is -0.104. The van der Waals surface area contributed by atoms with Gasteiger partial charge in [-0.15, -0.1) is 0 Å². The number of halogens is 2. The lowest BCUT2D eigenvalue weighted by Gasteiger charge is -2.37. The van der Waals surface area contributed by atoms with Crippen molar-refractivity contribution in [3.05, 3.63) is 76.7 Å². The molecule has 0 unspecified atom stereocenters. The summed E-state index contributed by atoms with van der Waals surface area (Å²) in [4.78, 5) is 32.8. The van der Waals surface area contributed by atoms with Crippen LogP contribution in [-0.2, 0) is 31.2 Å². The van der Waals surface area contributed by atoms with Gasteiger partial charge in [-0.3, -0.25) is 19.1 Å². The summed E-state index contributed by atoms with van der Waals surface area (Å²) in [6.07, 6.45) is 6.10. The molecule has 6 heterocycles. The maximum Gasteiger partial charge on any atom is 0.335 e. The number of fused-ring (bicyclic) bond motifs is 2. The average molecular weight is 699 g/mol. The molecule has 1 atom stereocenters. The van der Waals surface area contributed by atoms with Crippen LogP contribution in [0.5, 0.6) is 0 Å². The molecule has 2 fully saturated rings. The van der Waals surface area contributed by atoms with Gasteiger partial charge >= 0.3 is 5.97 Å². The number of nitrogens with zero attached hydrogens (tertiary/aromatic N) is 8. The van der Waals surface area contributed by atoms with E-state index in [0.717, 1.165) is 92.3 Å². The van der Waals surface area contributed by atoms with Crippen molar-refractivity contribution in [2.24, 2.45) is 7.05 Å². The summed E-state index contributed by atoms with van der Waals surface area (Å²) < 4.78 is 33.1. The van der Waals surface area contributed by atoms with E-state index in [2.05, 4.69) is 24.5 Å². The number of anilines is 3. The van der Waals surface area contributed by atoms with Crippen LogP contribution in [-0.4, -0.2) is 91.7 Å². The van der Waals surface area contributed by atoms with E-state index in [9.17, 15) is 23.5 Å². The quantitative estimate of drug-likeness (QED) is 0.258. The Morgan fingerprint density at radius 2 is 1.73 bits per heavy atom. The fraction of sp³-hybridized carbons (Fsp3) is 0.474. The molecule has 2 aromatic carbocycles. The monoisotopic (exact) mass is 698 g/mol. The van der Waals surface area contributed by atoms with Gasteiger partial charge in [-0.1, -0.05) is 0 Å². The number of carbonyl (C=O) groups excluding carboxylic acids is 1. The Kier molecular flexibility index (Phi) is 8.77. The molecule has 0 aliphatic carbocycles. The summed E-state index contributed by atoms with van der Waals surface area (Å²) in [6.45, 7) is 7.12. The zero-order valence-corrected chi connectivity index (χ0v) is 29.1. The van der Waals surface area contributed by atoms with Crippen LogP contribution in [0.4, 0.5) is 26.0 Å². The van der Waals surface area contributed by atoms with Crippen LogP contribution in [0, 0.1) is 0 Å². The Balaban J connectivity index is 1.05. The van der Waals surface area contributed by atoms with Crippen molar-refractivity contribution in [1.29, 1.82) is 0 Å². The number of hydrogen-bond donors (Lipinski definition) is 1. The Labute approximate surface area is 296 Å². The van der Waals surface area contributed by atoms with Crippen molar-refractivity contribution in [3.63, 3.8) is 0 Å². The number of piperidine rings is 1. The van der Waals surface area contributed by atoms with Crippen molar-refractivity contribution in [2.75, 3.05) is 49.1 Å². The van der Waals surface area contributed by atoms with E-state index in [-0.39, 0.29) is 17.5 Å². The lowest BCUT2D eigenvalue weighted by Crippen LogP contribution is -2.43. The highest BCUT2D eigenvalue weighted by molar-refractivity contribution is 5.88. The van der Waals surface area contributed by atoms with Gasteiger partial charge in [0, 0.05) is 106 Å². The minimum atomic E-state index is -2.65. The predicted molar refractivity (Wildman–Crippen MR) is 190 cm³/mol. The van der Waals surface area contributed by atoms with E-state index in [1.165, 1.54) is 0 Å². The molecule has 268 valence electrons. The second kappa shape index (κ2) is 13.4. The van der Waals surface area contributed by atoms with Crippen molar-refractivity contribution in [1.82, 2.24) is 29.4 Å². The van der Waals surface area contributed by atoms with Gasteiger partial charge in [0.05, 0.1) is 24.3 Å². The Bertz CT molecular complexity index is 1950. The summed E-state index contributed by atoms with van der Waals surface area (Å²) in [5, 5.41) is 18.8. The largest absolute Gasteiger partial charge is 0.478 e. The molecule has 8 rings (SSSR count). The summed E-state index contributed by atoms with van der Waals surface area (Å²) >= 11 is 0. The van der Waals surface area contributed by atoms with Crippen LogP contribution in [0.15, 0.2) is 48.8 Å². The predicted octanol–water partition coefficient (Wildman–Crippen LogP) is 5.82. The minimum absolute atomic E-state index is 0.0116. The van der Waals surface area contributed by atoms with Crippen molar-refractivity contribution in [3.8, 4) is 11.1 Å².